The second-order valence-corrected chi connectivity index (χ2v) is 25.5. The fourth-order valence-corrected chi connectivity index (χ4v) is 9.10. The van der Waals surface area contributed by atoms with Crippen molar-refractivity contribution in [2.45, 2.75) is 246 Å². The Morgan fingerprint density at radius 1 is 0.292 bits per heavy atom. The number of likely N-dealkylation sites (tertiary alicyclic amines) is 4. The predicted octanol–water partition coefficient (Wildman–Crippen LogP) is 13.5. The molecule has 0 radical (unpaired) electrons. The van der Waals surface area contributed by atoms with Gasteiger partial charge < -0.3 is 14.5 Å². The molecule has 6 saturated heterocycles. The molecule has 398 valence electrons. The number of nitrogens with zero attached hydrogens (tertiary/aromatic N) is 7. The highest BCUT2D eigenvalue weighted by Crippen LogP contribution is 2.33. The van der Waals surface area contributed by atoms with E-state index in [4.69, 9.17) is 4.74 Å². The van der Waals surface area contributed by atoms with Gasteiger partial charge in [0, 0.05) is 67.0 Å². The summed E-state index contributed by atoms with van der Waals surface area (Å²) in [7, 11) is 4.42. The molecule has 0 N–H and O–H groups in total. The molecule has 6 aliphatic heterocycles. The number of hydrogen-bond acceptors (Lipinski definition) is 8. The second-order valence-electron chi connectivity index (χ2n) is 25.5. The summed E-state index contributed by atoms with van der Waals surface area (Å²) in [5.41, 5.74) is 2.43. The van der Waals surface area contributed by atoms with Gasteiger partial charge in [0.25, 0.3) is 0 Å². The normalized spacial score (nSPS) is 22.0. The van der Waals surface area contributed by atoms with E-state index in [1.807, 2.05) is 0 Å². The van der Waals surface area contributed by atoms with Crippen LogP contribution in [0.4, 0.5) is 0 Å². The quantitative estimate of drug-likeness (QED) is 0.238. The molecule has 65 heavy (non-hydrogen) atoms. The van der Waals surface area contributed by atoms with Crippen molar-refractivity contribution in [2.24, 2.45) is 11.3 Å². The Bertz CT molecular complexity index is 965. The van der Waals surface area contributed by atoms with Crippen molar-refractivity contribution in [2.75, 3.05) is 119 Å². The maximum atomic E-state index is 5.25. The summed E-state index contributed by atoms with van der Waals surface area (Å²) in [5.74, 6) is 0.943. The molecule has 0 unspecified atom stereocenters. The summed E-state index contributed by atoms with van der Waals surface area (Å²) < 4.78 is 5.25. The zero-order chi connectivity index (χ0) is 46.7. The van der Waals surface area contributed by atoms with Crippen LogP contribution in [0, 0.1) is 11.3 Å². The van der Waals surface area contributed by atoms with Crippen LogP contribution in [0.2, 0.25) is 0 Å². The van der Waals surface area contributed by atoms with Crippen LogP contribution < -0.4 is 0 Å². The molecule has 6 heterocycles. The Labute approximate surface area is 414 Å². The number of piperidine rings is 3. The molecule has 0 saturated carbocycles. The summed E-state index contributed by atoms with van der Waals surface area (Å²) in [4.78, 5) is 17.5. The van der Waals surface area contributed by atoms with Crippen LogP contribution in [-0.4, -0.2) is 181 Å². The van der Waals surface area contributed by atoms with Crippen molar-refractivity contribution in [1.82, 2.24) is 34.3 Å². The average Bonchev–Trinajstić information content (AvgIpc) is 3.73. The molecule has 0 bridgehead atoms. The van der Waals surface area contributed by atoms with Gasteiger partial charge in [0.15, 0.2) is 0 Å². The Hall–Kier alpha value is -0.320. The van der Waals surface area contributed by atoms with Gasteiger partial charge in [-0.25, -0.2) is 0 Å². The van der Waals surface area contributed by atoms with Gasteiger partial charge in [-0.05, 0) is 233 Å². The van der Waals surface area contributed by atoms with E-state index < -0.39 is 0 Å². The van der Waals surface area contributed by atoms with E-state index in [-0.39, 0.29) is 29.7 Å². The van der Waals surface area contributed by atoms with Crippen molar-refractivity contribution in [3.8, 4) is 0 Å². The van der Waals surface area contributed by atoms with E-state index >= 15 is 0 Å². The van der Waals surface area contributed by atoms with E-state index in [9.17, 15) is 0 Å². The van der Waals surface area contributed by atoms with E-state index in [2.05, 4.69) is 173 Å². The molecule has 6 rings (SSSR count). The molecule has 0 spiro atoms. The molecule has 8 heteroatoms. The Balaban J connectivity index is -0.000000340. The van der Waals surface area contributed by atoms with Gasteiger partial charge in [-0.1, -0.05) is 63.3 Å². The fourth-order valence-electron chi connectivity index (χ4n) is 9.10. The summed E-state index contributed by atoms with van der Waals surface area (Å²) >= 11 is 0. The van der Waals surface area contributed by atoms with Crippen molar-refractivity contribution in [3.63, 3.8) is 0 Å². The Kier molecular flexibility index (Phi) is 36.5. The van der Waals surface area contributed by atoms with Gasteiger partial charge in [-0.15, -0.1) is 0 Å². The number of likely N-dealkylation sites (N-methyl/N-ethyl adjacent to an activating group) is 1. The maximum Gasteiger partial charge on any atom is 0.0594 e. The highest BCUT2D eigenvalue weighted by atomic mass is 16.5. The van der Waals surface area contributed by atoms with Crippen LogP contribution in [0.3, 0.4) is 0 Å². The Morgan fingerprint density at radius 3 is 0.754 bits per heavy atom. The van der Waals surface area contributed by atoms with Gasteiger partial charge in [-0.3, -0.25) is 24.5 Å². The minimum atomic E-state index is 0. The molecule has 0 aromatic carbocycles. The van der Waals surface area contributed by atoms with Gasteiger partial charge >= 0.3 is 0 Å². The summed E-state index contributed by atoms with van der Waals surface area (Å²) in [5, 5.41) is 0. The average molecular weight is 929 g/mol. The first-order valence-corrected chi connectivity index (χ1v) is 25.6. The number of piperazine rings is 1. The highest BCUT2D eigenvalue weighted by molar-refractivity contribution is 4.83. The van der Waals surface area contributed by atoms with Gasteiger partial charge in [0.2, 0.25) is 0 Å². The van der Waals surface area contributed by atoms with Crippen LogP contribution in [0.15, 0.2) is 0 Å². The van der Waals surface area contributed by atoms with Crippen LogP contribution >= 0.6 is 0 Å². The maximum absolute atomic E-state index is 5.25. The minimum Gasteiger partial charge on any atom is -0.379 e. The molecular formula is C57H129N7O. The van der Waals surface area contributed by atoms with Crippen molar-refractivity contribution >= 4 is 0 Å². The molecule has 0 atom stereocenters. The SMILES string of the molecule is C.C.C.C.CC(C)(C)N1CCCC1.CC(C)(C)N1CCCCC1.CC(C)(C)N1CCCCC1.CC(C)(C)N1CCOCC1.CN1CCC(C(C)(C)C)CC1.CN1CCN(C(C)(C)C)CC1. The van der Waals surface area contributed by atoms with E-state index in [0.29, 0.717) is 33.1 Å². The topological polar surface area (TPSA) is 31.9 Å². The zero-order valence-electron chi connectivity index (χ0n) is 45.5. The molecule has 0 aromatic rings. The van der Waals surface area contributed by atoms with Crippen molar-refractivity contribution in [1.29, 1.82) is 0 Å². The molecular weight excluding hydrogens is 799 g/mol. The lowest BCUT2D eigenvalue weighted by Gasteiger charge is -2.41. The lowest BCUT2D eigenvalue weighted by molar-refractivity contribution is -0.00389. The number of rotatable bonds is 0. The lowest BCUT2D eigenvalue weighted by atomic mass is 9.75. The molecule has 0 aromatic heterocycles. The molecule has 0 amide bonds. The third kappa shape index (κ3) is 32.2. The standard InChI is InChI=1S/C10H21N.C9H20N2.2C9H19N.C8H17NO.C8H17N.4CH4/c1-10(2,3)9-5-7-11(4)8-6-9;1-9(2,3)11-7-5-10(4)6-8-11;2*1-9(2,3)10-7-5-4-6-8-10;1-8(2,3)9-4-6-10-7-5-9;1-8(2,3)9-6-4-5-7-9;;;;/h9H,5-8H2,1-4H3;5-8H2,1-4H3;2*4-8H2,1-3H3;4-7H2,1-3H3;4-7H2,1-3H3;4*1H4. The third-order valence-corrected chi connectivity index (χ3v) is 14.0. The van der Waals surface area contributed by atoms with E-state index in [0.717, 1.165) is 32.2 Å². The van der Waals surface area contributed by atoms with Crippen LogP contribution in [0.25, 0.3) is 0 Å². The van der Waals surface area contributed by atoms with Crippen molar-refractivity contribution < 1.29 is 4.74 Å². The summed E-state index contributed by atoms with van der Waals surface area (Å²) in [6.07, 6.45) is 14.1. The van der Waals surface area contributed by atoms with Gasteiger partial charge in [0.1, 0.15) is 0 Å². The predicted molar refractivity (Wildman–Crippen MR) is 298 cm³/mol. The molecule has 6 fully saturated rings. The summed E-state index contributed by atoms with van der Waals surface area (Å²) in [6, 6.07) is 0. The number of hydrogen-bond donors (Lipinski definition) is 0. The minimum absolute atomic E-state index is 0. The first kappa shape index (κ1) is 71.2. The first-order valence-electron chi connectivity index (χ1n) is 25.6. The number of morpholine rings is 1. The molecule has 6 aliphatic rings. The van der Waals surface area contributed by atoms with Gasteiger partial charge in [0.05, 0.1) is 13.2 Å². The fraction of sp³-hybridized carbons (Fsp3) is 1.00. The lowest BCUT2D eigenvalue weighted by Crippen LogP contribution is -2.52. The molecule has 8 nitrogen and oxygen atoms in total. The highest BCUT2D eigenvalue weighted by Gasteiger charge is 2.28. The second kappa shape index (κ2) is 33.3. The summed E-state index contributed by atoms with van der Waals surface area (Å²) in [6.45, 7) is 60.7. The largest absolute Gasteiger partial charge is 0.379 e. The van der Waals surface area contributed by atoms with E-state index in [1.165, 1.54) is 143 Å². The smallest absolute Gasteiger partial charge is 0.0594 e. The van der Waals surface area contributed by atoms with Gasteiger partial charge in [-0.2, -0.15) is 0 Å². The monoisotopic (exact) mass is 928 g/mol. The van der Waals surface area contributed by atoms with Crippen molar-refractivity contribution in [3.05, 3.63) is 0 Å². The number of ether oxygens (including phenoxy) is 1. The third-order valence-electron chi connectivity index (χ3n) is 14.0. The molecule has 0 aliphatic carbocycles. The van der Waals surface area contributed by atoms with Crippen LogP contribution in [-0.2, 0) is 4.74 Å². The van der Waals surface area contributed by atoms with Crippen LogP contribution in [0.5, 0.6) is 0 Å². The zero-order valence-corrected chi connectivity index (χ0v) is 45.5. The Morgan fingerprint density at radius 2 is 0.523 bits per heavy atom. The van der Waals surface area contributed by atoms with E-state index in [1.54, 1.807) is 0 Å². The first-order chi connectivity index (χ1) is 27.9. The van der Waals surface area contributed by atoms with Crippen LogP contribution in [0.1, 0.15) is 219 Å².